The molecule has 2 aromatic heterocycles. The minimum atomic E-state index is 0.487. The molecule has 1 aliphatic rings. The summed E-state index contributed by atoms with van der Waals surface area (Å²) in [6.45, 7) is 5.51. The van der Waals surface area contributed by atoms with Crippen LogP contribution in [0.5, 0.6) is 0 Å². The van der Waals surface area contributed by atoms with Crippen LogP contribution in [-0.4, -0.2) is 23.6 Å². The van der Waals surface area contributed by atoms with Gasteiger partial charge in [0.25, 0.3) is 0 Å². The minimum Gasteiger partial charge on any atom is -0.369 e. The lowest BCUT2D eigenvalue weighted by Crippen LogP contribution is -2.36. The molecule has 0 atom stereocenters. The number of hydrogen-bond donors (Lipinski definition) is 2. The van der Waals surface area contributed by atoms with Crippen molar-refractivity contribution in [1.82, 2.24) is 9.97 Å². The standard InChI is InChI=1S/C16H24N4S/c1-4-11-9-12-13(18-10-16(5-2)7-6-8-16)19-15(17-3)20-14(12)21-11/h9H,4-8,10H2,1-3H3,(H2,17,18,19,20). The molecule has 0 saturated heterocycles. The molecule has 0 spiro atoms. The number of hydrogen-bond acceptors (Lipinski definition) is 5. The predicted molar refractivity (Wildman–Crippen MR) is 91.4 cm³/mol. The van der Waals surface area contributed by atoms with Crippen molar-refractivity contribution in [3.05, 3.63) is 10.9 Å². The average molecular weight is 304 g/mol. The highest BCUT2D eigenvalue weighted by atomic mass is 32.1. The molecule has 1 saturated carbocycles. The van der Waals surface area contributed by atoms with Crippen molar-refractivity contribution in [3.63, 3.8) is 0 Å². The molecule has 0 aromatic carbocycles. The molecule has 2 heterocycles. The molecule has 2 aromatic rings. The second-order valence-electron chi connectivity index (χ2n) is 5.99. The second kappa shape index (κ2) is 5.79. The summed E-state index contributed by atoms with van der Waals surface area (Å²) in [5.41, 5.74) is 0.487. The number of aromatic nitrogens is 2. The Morgan fingerprint density at radius 3 is 2.67 bits per heavy atom. The molecule has 1 aliphatic carbocycles. The first kappa shape index (κ1) is 14.6. The van der Waals surface area contributed by atoms with Gasteiger partial charge in [0.2, 0.25) is 5.95 Å². The van der Waals surface area contributed by atoms with E-state index in [0.29, 0.717) is 11.4 Å². The maximum atomic E-state index is 4.64. The third-order valence-electron chi connectivity index (χ3n) is 4.81. The van der Waals surface area contributed by atoms with Gasteiger partial charge in [-0.15, -0.1) is 11.3 Å². The van der Waals surface area contributed by atoms with E-state index in [1.54, 1.807) is 11.3 Å². The van der Waals surface area contributed by atoms with Crippen LogP contribution in [0.25, 0.3) is 10.2 Å². The van der Waals surface area contributed by atoms with Gasteiger partial charge in [-0.05, 0) is 37.2 Å². The average Bonchev–Trinajstić information content (AvgIpc) is 2.89. The van der Waals surface area contributed by atoms with Crippen LogP contribution in [0, 0.1) is 5.41 Å². The van der Waals surface area contributed by atoms with E-state index in [1.807, 2.05) is 7.05 Å². The number of rotatable bonds is 6. The maximum absolute atomic E-state index is 4.64. The molecular formula is C16H24N4S. The van der Waals surface area contributed by atoms with Gasteiger partial charge in [0.05, 0.1) is 5.39 Å². The van der Waals surface area contributed by atoms with Gasteiger partial charge in [0, 0.05) is 18.5 Å². The smallest absolute Gasteiger partial charge is 0.225 e. The van der Waals surface area contributed by atoms with E-state index in [9.17, 15) is 0 Å². The Kier molecular flexibility index (Phi) is 4.02. The summed E-state index contributed by atoms with van der Waals surface area (Å²) < 4.78 is 0. The van der Waals surface area contributed by atoms with Crippen LogP contribution in [0.1, 0.15) is 44.4 Å². The largest absolute Gasteiger partial charge is 0.369 e. The molecule has 4 nitrogen and oxygen atoms in total. The van der Waals surface area contributed by atoms with Gasteiger partial charge >= 0.3 is 0 Å². The SMILES string of the molecule is CCc1cc2c(NCC3(CC)CCC3)nc(NC)nc2s1. The van der Waals surface area contributed by atoms with Crippen LogP contribution in [0.2, 0.25) is 0 Å². The zero-order chi connectivity index (χ0) is 14.9. The van der Waals surface area contributed by atoms with Crippen LogP contribution in [-0.2, 0) is 6.42 Å². The number of thiophene rings is 1. The Morgan fingerprint density at radius 2 is 2.10 bits per heavy atom. The fourth-order valence-corrected chi connectivity index (χ4v) is 3.96. The highest BCUT2D eigenvalue weighted by molar-refractivity contribution is 7.18. The molecule has 0 amide bonds. The third kappa shape index (κ3) is 2.71. The molecule has 1 fully saturated rings. The highest BCUT2D eigenvalue weighted by Gasteiger charge is 2.34. The van der Waals surface area contributed by atoms with Crippen LogP contribution >= 0.6 is 11.3 Å². The quantitative estimate of drug-likeness (QED) is 0.836. The molecule has 2 N–H and O–H groups in total. The summed E-state index contributed by atoms with van der Waals surface area (Å²) in [6.07, 6.45) is 6.35. The summed E-state index contributed by atoms with van der Waals surface area (Å²) in [4.78, 5) is 11.7. The van der Waals surface area contributed by atoms with Gasteiger partial charge in [-0.1, -0.05) is 20.3 Å². The first-order valence-electron chi connectivity index (χ1n) is 7.92. The minimum absolute atomic E-state index is 0.487. The lowest BCUT2D eigenvalue weighted by molar-refractivity contribution is 0.145. The predicted octanol–water partition coefficient (Wildman–Crippen LogP) is 4.29. The summed E-state index contributed by atoms with van der Waals surface area (Å²) in [5.74, 6) is 1.69. The normalized spacial score (nSPS) is 16.7. The Morgan fingerprint density at radius 1 is 1.29 bits per heavy atom. The summed E-state index contributed by atoms with van der Waals surface area (Å²) in [5, 5.41) is 7.85. The van der Waals surface area contributed by atoms with Crippen LogP contribution in [0.15, 0.2) is 6.07 Å². The number of nitrogens with one attached hydrogen (secondary N) is 2. The first-order chi connectivity index (χ1) is 10.2. The van der Waals surface area contributed by atoms with Crippen LogP contribution in [0.4, 0.5) is 11.8 Å². The number of anilines is 2. The molecule has 21 heavy (non-hydrogen) atoms. The lowest BCUT2D eigenvalue weighted by Gasteiger charge is -2.41. The monoisotopic (exact) mass is 304 g/mol. The number of nitrogens with zero attached hydrogens (tertiary/aromatic N) is 2. The van der Waals surface area contributed by atoms with Crippen LogP contribution in [0.3, 0.4) is 0 Å². The van der Waals surface area contributed by atoms with Crippen molar-refractivity contribution in [2.24, 2.45) is 5.41 Å². The zero-order valence-corrected chi connectivity index (χ0v) is 13.9. The zero-order valence-electron chi connectivity index (χ0n) is 13.1. The fraction of sp³-hybridized carbons (Fsp3) is 0.625. The second-order valence-corrected chi connectivity index (χ2v) is 7.11. The van der Waals surface area contributed by atoms with Crippen molar-refractivity contribution in [2.75, 3.05) is 24.2 Å². The van der Waals surface area contributed by atoms with E-state index in [1.165, 1.54) is 35.9 Å². The van der Waals surface area contributed by atoms with E-state index in [4.69, 9.17) is 0 Å². The van der Waals surface area contributed by atoms with Crippen molar-refractivity contribution in [3.8, 4) is 0 Å². The Hall–Kier alpha value is -1.36. The Balaban J connectivity index is 1.90. The first-order valence-corrected chi connectivity index (χ1v) is 8.73. The van der Waals surface area contributed by atoms with E-state index >= 15 is 0 Å². The number of fused-ring (bicyclic) bond motifs is 1. The van der Waals surface area contributed by atoms with E-state index in [-0.39, 0.29) is 0 Å². The Labute approximate surface area is 130 Å². The Bertz CT molecular complexity index is 625. The number of aryl methyl sites for hydroxylation is 1. The fourth-order valence-electron chi connectivity index (χ4n) is 3.00. The van der Waals surface area contributed by atoms with E-state index in [2.05, 4.69) is 40.5 Å². The molecule has 3 rings (SSSR count). The molecule has 0 radical (unpaired) electrons. The van der Waals surface area contributed by atoms with Gasteiger partial charge in [0.1, 0.15) is 10.6 Å². The van der Waals surface area contributed by atoms with Gasteiger partial charge < -0.3 is 10.6 Å². The van der Waals surface area contributed by atoms with Crippen molar-refractivity contribution in [1.29, 1.82) is 0 Å². The maximum Gasteiger partial charge on any atom is 0.225 e. The topological polar surface area (TPSA) is 49.8 Å². The summed E-state index contributed by atoms with van der Waals surface area (Å²) >= 11 is 1.77. The van der Waals surface area contributed by atoms with Gasteiger partial charge in [-0.25, -0.2) is 4.98 Å². The summed E-state index contributed by atoms with van der Waals surface area (Å²) in [7, 11) is 1.87. The van der Waals surface area contributed by atoms with Gasteiger partial charge in [-0.2, -0.15) is 4.98 Å². The van der Waals surface area contributed by atoms with E-state index < -0.39 is 0 Å². The van der Waals surface area contributed by atoms with Crippen molar-refractivity contribution in [2.45, 2.75) is 46.0 Å². The van der Waals surface area contributed by atoms with Gasteiger partial charge in [-0.3, -0.25) is 0 Å². The molecule has 0 bridgehead atoms. The summed E-state index contributed by atoms with van der Waals surface area (Å²) in [6, 6.07) is 2.24. The van der Waals surface area contributed by atoms with Crippen LogP contribution < -0.4 is 10.6 Å². The molecule has 5 heteroatoms. The van der Waals surface area contributed by atoms with E-state index in [0.717, 1.165) is 23.6 Å². The third-order valence-corrected chi connectivity index (χ3v) is 5.98. The molecule has 114 valence electrons. The molecular weight excluding hydrogens is 280 g/mol. The highest BCUT2D eigenvalue weighted by Crippen LogP contribution is 2.44. The molecule has 0 unspecified atom stereocenters. The lowest BCUT2D eigenvalue weighted by atomic mass is 9.67. The van der Waals surface area contributed by atoms with Crippen molar-refractivity contribution >= 4 is 33.3 Å². The molecule has 0 aliphatic heterocycles. The van der Waals surface area contributed by atoms with Gasteiger partial charge in [0.15, 0.2) is 0 Å². The van der Waals surface area contributed by atoms with Crippen molar-refractivity contribution < 1.29 is 0 Å².